The summed E-state index contributed by atoms with van der Waals surface area (Å²) in [5.41, 5.74) is 0. The molecule has 0 saturated carbocycles. The fourth-order valence-electron chi connectivity index (χ4n) is 2.37. The van der Waals surface area contributed by atoms with Gasteiger partial charge in [0.25, 0.3) is 5.91 Å². The van der Waals surface area contributed by atoms with Crippen molar-refractivity contribution < 1.29 is 19.0 Å². The van der Waals surface area contributed by atoms with Crippen LogP contribution in [0.3, 0.4) is 0 Å². The molecule has 6 heteroatoms. The normalized spacial score (nSPS) is 28.1. The Morgan fingerprint density at radius 3 is 2.72 bits per heavy atom. The topological polar surface area (TPSA) is 68.8 Å². The van der Waals surface area contributed by atoms with E-state index in [9.17, 15) is 4.79 Å². The molecule has 1 aromatic heterocycles. The van der Waals surface area contributed by atoms with E-state index in [0.717, 1.165) is 13.1 Å². The van der Waals surface area contributed by atoms with Gasteiger partial charge in [-0.1, -0.05) is 5.16 Å². The lowest BCUT2D eigenvalue weighted by Crippen LogP contribution is -3.16. The molecule has 6 nitrogen and oxygen atoms in total. The van der Waals surface area contributed by atoms with Gasteiger partial charge in [-0.15, -0.1) is 0 Å². The van der Waals surface area contributed by atoms with E-state index in [1.54, 1.807) is 13.0 Å². The quantitative estimate of drug-likeness (QED) is 0.771. The number of carbonyl (C=O) groups is 1. The molecule has 1 aliphatic heterocycles. The Hall–Kier alpha value is -1.40. The Labute approximate surface area is 106 Å². The Morgan fingerprint density at radius 1 is 1.50 bits per heavy atom. The van der Waals surface area contributed by atoms with E-state index in [-0.39, 0.29) is 18.1 Å². The molecule has 2 atom stereocenters. The van der Waals surface area contributed by atoms with E-state index in [2.05, 4.69) is 10.5 Å². The highest BCUT2D eigenvalue weighted by Crippen LogP contribution is 2.06. The third kappa shape index (κ3) is 3.54. The van der Waals surface area contributed by atoms with Crippen LogP contribution in [0.2, 0.25) is 0 Å². The van der Waals surface area contributed by atoms with Crippen molar-refractivity contribution in [2.45, 2.75) is 33.0 Å². The van der Waals surface area contributed by atoms with E-state index >= 15 is 0 Å². The summed E-state index contributed by atoms with van der Waals surface area (Å²) in [4.78, 5) is 13.1. The van der Waals surface area contributed by atoms with E-state index < -0.39 is 0 Å². The number of carbonyl (C=O) groups excluding carboxylic acids is 1. The lowest BCUT2D eigenvalue weighted by atomic mass is 10.2. The van der Waals surface area contributed by atoms with E-state index in [1.807, 2.05) is 13.8 Å². The predicted octanol–water partition coefficient (Wildman–Crippen LogP) is -0.386. The monoisotopic (exact) mass is 254 g/mol. The number of rotatable bonds is 3. The standard InChI is InChI=1S/C12H19N3O3/c1-8-4-11(14-18-8)13-12(16)7-15-5-9(2)17-10(3)6-15/h4,9-10H,5-7H2,1-3H3,(H,13,14,16)/p+1/t9-,10-/m1/s1. The van der Waals surface area contributed by atoms with Crippen molar-refractivity contribution in [2.75, 3.05) is 25.0 Å². The molecular weight excluding hydrogens is 234 g/mol. The number of anilines is 1. The lowest BCUT2D eigenvalue weighted by molar-refractivity contribution is -0.907. The van der Waals surface area contributed by atoms with Crippen molar-refractivity contribution in [1.29, 1.82) is 0 Å². The maximum Gasteiger partial charge on any atom is 0.280 e. The summed E-state index contributed by atoms with van der Waals surface area (Å²) in [5.74, 6) is 1.12. The third-order valence-electron chi connectivity index (χ3n) is 2.92. The molecule has 1 fully saturated rings. The zero-order valence-electron chi connectivity index (χ0n) is 11.0. The molecule has 1 aromatic rings. The van der Waals surface area contributed by atoms with Gasteiger partial charge in [0.05, 0.1) is 0 Å². The summed E-state index contributed by atoms with van der Waals surface area (Å²) < 4.78 is 10.5. The molecular formula is C12H20N3O3+. The zero-order chi connectivity index (χ0) is 13.1. The summed E-state index contributed by atoms with van der Waals surface area (Å²) in [6.07, 6.45) is 0.400. The summed E-state index contributed by atoms with van der Waals surface area (Å²) in [7, 11) is 0. The van der Waals surface area contributed by atoms with Crippen LogP contribution >= 0.6 is 0 Å². The van der Waals surface area contributed by atoms with Gasteiger partial charge in [0, 0.05) is 6.07 Å². The largest absolute Gasteiger partial charge is 0.364 e. The minimum absolute atomic E-state index is 0.0420. The van der Waals surface area contributed by atoms with Crippen molar-refractivity contribution in [1.82, 2.24) is 5.16 Å². The maximum atomic E-state index is 11.8. The van der Waals surface area contributed by atoms with Gasteiger partial charge in [-0.05, 0) is 20.8 Å². The van der Waals surface area contributed by atoms with Gasteiger partial charge in [0.15, 0.2) is 12.4 Å². The molecule has 2 heterocycles. The first kappa shape index (κ1) is 13.0. The highest BCUT2D eigenvalue weighted by molar-refractivity contribution is 5.90. The first-order chi connectivity index (χ1) is 8.52. The van der Waals surface area contributed by atoms with Crippen LogP contribution in [0.15, 0.2) is 10.6 Å². The van der Waals surface area contributed by atoms with Gasteiger partial charge in [0.2, 0.25) is 0 Å². The molecule has 0 aliphatic carbocycles. The molecule has 2 N–H and O–H groups in total. The zero-order valence-corrected chi connectivity index (χ0v) is 11.0. The fourth-order valence-corrected chi connectivity index (χ4v) is 2.37. The average molecular weight is 254 g/mol. The second-order valence-electron chi connectivity index (χ2n) is 4.96. The Balaban J connectivity index is 1.83. The lowest BCUT2D eigenvalue weighted by Gasteiger charge is -2.31. The van der Waals surface area contributed by atoms with Crippen LogP contribution in [0.5, 0.6) is 0 Å². The number of amides is 1. The molecule has 0 spiro atoms. The van der Waals surface area contributed by atoms with E-state index in [1.165, 1.54) is 4.90 Å². The van der Waals surface area contributed by atoms with Crippen molar-refractivity contribution >= 4 is 11.7 Å². The number of aryl methyl sites for hydroxylation is 1. The molecule has 0 radical (unpaired) electrons. The van der Waals surface area contributed by atoms with Gasteiger partial charge in [-0.3, -0.25) is 4.79 Å². The number of nitrogens with one attached hydrogen (secondary N) is 2. The van der Waals surface area contributed by atoms with Crippen LogP contribution in [0.4, 0.5) is 5.82 Å². The SMILES string of the molecule is Cc1cc(NC(=O)C[NH+]2C[C@@H](C)O[C@H](C)C2)no1. The molecule has 1 amide bonds. The fraction of sp³-hybridized carbons (Fsp3) is 0.667. The van der Waals surface area contributed by atoms with Crippen LogP contribution in [0.1, 0.15) is 19.6 Å². The van der Waals surface area contributed by atoms with Crippen molar-refractivity contribution in [2.24, 2.45) is 0 Å². The minimum Gasteiger partial charge on any atom is -0.364 e. The Kier molecular flexibility index (Phi) is 3.98. The molecule has 1 aliphatic rings. The first-order valence-electron chi connectivity index (χ1n) is 6.25. The summed E-state index contributed by atoms with van der Waals surface area (Å²) in [5, 5.41) is 6.47. The van der Waals surface area contributed by atoms with Crippen molar-refractivity contribution in [3.05, 3.63) is 11.8 Å². The van der Waals surface area contributed by atoms with Crippen LogP contribution < -0.4 is 10.2 Å². The van der Waals surface area contributed by atoms with Crippen LogP contribution in [0, 0.1) is 6.92 Å². The van der Waals surface area contributed by atoms with Crippen LogP contribution in [0.25, 0.3) is 0 Å². The highest BCUT2D eigenvalue weighted by Gasteiger charge is 2.27. The number of hydrogen-bond donors (Lipinski definition) is 2. The van der Waals surface area contributed by atoms with E-state index in [4.69, 9.17) is 9.26 Å². The summed E-state index contributed by atoms with van der Waals surface area (Å²) in [6, 6.07) is 1.71. The molecule has 0 aromatic carbocycles. The molecule has 100 valence electrons. The molecule has 0 bridgehead atoms. The third-order valence-corrected chi connectivity index (χ3v) is 2.92. The molecule has 0 unspecified atom stereocenters. The minimum atomic E-state index is -0.0420. The number of quaternary nitrogens is 1. The number of aromatic nitrogens is 1. The molecule has 1 saturated heterocycles. The number of morpholine rings is 1. The van der Waals surface area contributed by atoms with E-state index in [0.29, 0.717) is 18.1 Å². The van der Waals surface area contributed by atoms with Crippen molar-refractivity contribution in [3.63, 3.8) is 0 Å². The Morgan fingerprint density at radius 2 is 2.17 bits per heavy atom. The summed E-state index contributed by atoms with van der Waals surface area (Å²) in [6.45, 7) is 8.01. The van der Waals surface area contributed by atoms with Gasteiger partial charge in [0.1, 0.15) is 31.1 Å². The van der Waals surface area contributed by atoms with Gasteiger partial charge in [-0.25, -0.2) is 0 Å². The van der Waals surface area contributed by atoms with Gasteiger partial charge >= 0.3 is 0 Å². The number of nitrogens with zero attached hydrogens (tertiary/aromatic N) is 1. The van der Waals surface area contributed by atoms with Gasteiger partial charge < -0.3 is 19.5 Å². The molecule has 2 rings (SSSR count). The predicted molar refractivity (Wildman–Crippen MR) is 65.4 cm³/mol. The smallest absolute Gasteiger partial charge is 0.280 e. The second-order valence-corrected chi connectivity index (χ2v) is 4.96. The second kappa shape index (κ2) is 5.49. The number of hydrogen-bond acceptors (Lipinski definition) is 4. The summed E-state index contributed by atoms with van der Waals surface area (Å²) >= 11 is 0. The number of ether oxygens (including phenoxy) is 1. The van der Waals surface area contributed by atoms with Gasteiger partial charge in [-0.2, -0.15) is 0 Å². The van der Waals surface area contributed by atoms with Crippen LogP contribution in [-0.4, -0.2) is 42.9 Å². The molecule has 18 heavy (non-hydrogen) atoms. The Bertz CT molecular complexity index is 408. The maximum absolute atomic E-state index is 11.8. The van der Waals surface area contributed by atoms with Crippen LogP contribution in [-0.2, 0) is 9.53 Å². The highest BCUT2D eigenvalue weighted by atomic mass is 16.5. The average Bonchev–Trinajstić information content (AvgIpc) is 2.61. The first-order valence-corrected chi connectivity index (χ1v) is 6.25. The van der Waals surface area contributed by atoms with Crippen molar-refractivity contribution in [3.8, 4) is 0 Å².